The van der Waals surface area contributed by atoms with Gasteiger partial charge in [0, 0.05) is 16.2 Å². The zero-order valence-corrected chi connectivity index (χ0v) is 20.5. The normalized spacial score (nSPS) is 11.1. The van der Waals surface area contributed by atoms with Gasteiger partial charge in [0.1, 0.15) is 11.4 Å². The number of halogens is 1. The Morgan fingerprint density at radius 2 is 1.97 bits per heavy atom. The SMILES string of the molecule is CCCc1cc2onc(-c3ccccc3)c2cc1OCCCSc1ccc(CC(=O)O)cc1Cl. The summed E-state index contributed by atoms with van der Waals surface area (Å²) in [5.41, 5.74) is 4.42. The topological polar surface area (TPSA) is 72.6 Å². The Morgan fingerprint density at radius 3 is 2.71 bits per heavy atom. The van der Waals surface area contributed by atoms with Crippen molar-refractivity contribution in [3.63, 3.8) is 0 Å². The minimum Gasteiger partial charge on any atom is -0.493 e. The number of carboxylic acid groups (broad SMARTS) is 1. The average Bonchev–Trinajstić information content (AvgIpc) is 3.23. The second-order valence-corrected chi connectivity index (χ2v) is 9.53. The molecule has 4 aromatic rings. The molecular formula is C27H26ClNO4S. The summed E-state index contributed by atoms with van der Waals surface area (Å²) < 4.78 is 11.8. The number of aryl methyl sites for hydroxylation is 1. The number of hydrogen-bond donors (Lipinski definition) is 1. The van der Waals surface area contributed by atoms with Crippen LogP contribution in [0.2, 0.25) is 5.02 Å². The van der Waals surface area contributed by atoms with Crippen LogP contribution >= 0.6 is 23.4 Å². The van der Waals surface area contributed by atoms with Crippen molar-refractivity contribution in [2.24, 2.45) is 0 Å². The van der Waals surface area contributed by atoms with Crippen molar-refractivity contribution in [1.29, 1.82) is 0 Å². The van der Waals surface area contributed by atoms with Gasteiger partial charge in [-0.05, 0) is 48.2 Å². The highest BCUT2D eigenvalue weighted by Crippen LogP contribution is 2.34. The van der Waals surface area contributed by atoms with Crippen LogP contribution in [0.25, 0.3) is 22.2 Å². The summed E-state index contributed by atoms with van der Waals surface area (Å²) in [5.74, 6) is 0.846. The lowest BCUT2D eigenvalue weighted by molar-refractivity contribution is -0.136. The van der Waals surface area contributed by atoms with Crippen molar-refractivity contribution < 1.29 is 19.2 Å². The molecule has 1 heterocycles. The number of nitrogens with zero attached hydrogens (tertiary/aromatic N) is 1. The van der Waals surface area contributed by atoms with E-state index in [1.165, 1.54) is 0 Å². The molecule has 34 heavy (non-hydrogen) atoms. The van der Waals surface area contributed by atoms with Crippen LogP contribution in [0, 0.1) is 0 Å². The van der Waals surface area contributed by atoms with E-state index < -0.39 is 5.97 Å². The summed E-state index contributed by atoms with van der Waals surface area (Å²) in [6, 6.07) is 19.5. The number of benzene rings is 3. The Labute approximate surface area is 208 Å². The van der Waals surface area contributed by atoms with E-state index in [0.29, 0.717) is 17.2 Å². The van der Waals surface area contributed by atoms with Gasteiger partial charge >= 0.3 is 5.97 Å². The first-order valence-corrected chi connectivity index (χ1v) is 12.6. The molecule has 0 saturated heterocycles. The van der Waals surface area contributed by atoms with Crippen molar-refractivity contribution in [1.82, 2.24) is 5.16 Å². The Hall–Kier alpha value is -2.96. The van der Waals surface area contributed by atoms with E-state index in [-0.39, 0.29) is 6.42 Å². The molecule has 0 aliphatic heterocycles. The Bertz CT molecular complexity index is 1270. The van der Waals surface area contributed by atoms with Gasteiger partial charge in [-0.25, -0.2) is 0 Å². The molecule has 0 fully saturated rings. The number of aromatic nitrogens is 1. The first-order chi connectivity index (χ1) is 16.5. The summed E-state index contributed by atoms with van der Waals surface area (Å²) >= 11 is 7.97. The van der Waals surface area contributed by atoms with Crippen LogP contribution in [-0.4, -0.2) is 28.6 Å². The molecular weight excluding hydrogens is 470 g/mol. The molecule has 0 saturated carbocycles. The van der Waals surface area contributed by atoms with Crippen molar-refractivity contribution in [3.8, 4) is 17.0 Å². The van der Waals surface area contributed by atoms with Crippen LogP contribution in [0.4, 0.5) is 0 Å². The largest absolute Gasteiger partial charge is 0.493 e. The van der Waals surface area contributed by atoms with Crippen LogP contribution in [-0.2, 0) is 17.6 Å². The zero-order valence-electron chi connectivity index (χ0n) is 18.9. The molecule has 5 nitrogen and oxygen atoms in total. The second-order valence-electron chi connectivity index (χ2n) is 7.99. The molecule has 3 aromatic carbocycles. The zero-order chi connectivity index (χ0) is 23.9. The van der Waals surface area contributed by atoms with E-state index in [9.17, 15) is 4.79 Å². The third kappa shape index (κ3) is 5.93. The van der Waals surface area contributed by atoms with Crippen LogP contribution in [0.15, 0.2) is 70.1 Å². The molecule has 176 valence electrons. The molecule has 0 spiro atoms. The summed E-state index contributed by atoms with van der Waals surface area (Å²) in [7, 11) is 0. The molecule has 0 atom stereocenters. The molecule has 1 N–H and O–H groups in total. The third-order valence-electron chi connectivity index (χ3n) is 5.38. The summed E-state index contributed by atoms with van der Waals surface area (Å²) in [5, 5.41) is 14.8. The van der Waals surface area contributed by atoms with E-state index in [2.05, 4.69) is 12.1 Å². The minimum absolute atomic E-state index is 0.0267. The highest BCUT2D eigenvalue weighted by Gasteiger charge is 2.15. The van der Waals surface area contributed by atoms with Gasteiger partial charge in [0.05, 0.1) is 23.4 Å². The van der Waals surface area contributed by atoms with Gasteiger partial charge in [0.15, 0.2) is 5.58 Å². The molecule has 0 radical (unpaired) electrons. The molecule has 0 aliphatic rings. The summed E-state index contributed by atoms with van der Waals surface area (Å²) in [6.07, 6.45) is 2.73. The number of fused-ring (bicyclic) bond motifs is 1. The number of hydrogen-bond acceptors (Lipinski definition) is 5. The van der Waals surface area contributed by atoms with Gasteiger partial charge in [-0.1, -0.05) is 66.5 Å². The summed E-state index contributed by atoms with van der Waals surface area (Å²) in [6.45, 7) is 2.72. The number of rotatable bonds is 11. The minimum atomic E-state index is -0.865. The summed E-state index contributed by atoms with van der Waals surface area (Å²) in [4.78, 5) is 11.8. The third-order valence-corrected chi connectivity index (χ3v) is 6.96. The first-order valence-electron chi connectivity index (χ1n) is 11.3. The number of carbonyl (C=O) groups is 1. The fraction of sp³-hybridized carbons (Fsp3) is 0.259. The maximum absolute atomic E-state index is 10.9. The number of carboxylic acids is 1. The van der Waals surface area contributed by atoms with Crippen molar-refractivity contribution in [3.05, 3.63) is 76.8 Å². The number of aliphatic carboxylic acids is 1. The van der Waals surface area contributed by atoms with Gasteiger partial charge in [-0.2, -0.15) is 0 Å². The Morgan fingerprint density at radius 1 is 1.15 bits per heavy atom. The van der Waals surface area contributed by atoms with E-state index in [1.807, 2.05) is 54.6 Å². The van der Waals surface area contributed by atoms with Gasteiger partial charge < -0.3 is 14.4 Å². The molecule has 0 bridgehead atoms. The molecule has 1 aromatic heterocycles. The van der Waals surface area contributed by atoms with Crippen molar-refractivity contribution in [2.45, 2.75) is 37.5 Å². The maximum Gasteiger partial charge on any atom is 0.307 e. The maximum atomic E-state index is 10.9. The van der Waals surface area contributed by atoms with Crippen LogP contribution in [0.3, 0.4) is 0 Å². The quantitative estimate of drug-likeness (QED) is 0.174. The van der Waals surface area contributed by atoms with E-state index >= 15 is 0 Å². The lowest BCUT2D eigenvalue weighted by Crippen LogP contribution is -2.02. The number of ether oxygens (including phenoxy) is 1. The fourth-order valence-electron chi connectivity index (χ4n) is 3.78. The Balaban J connectivity index is 1.40. The fourth-order valence-corrected chi connectivity index (χ4v) is 4.99. The van der Waals surface area contributed by atoms with Crippen molar-refractivity contribution >= 4 is 40.3 Å². The van der Waals surface area contributed by atoms with Gasteiger partial charge in [0.25, 0.3) is 0 Å². The standard InChI is InChI=1S/C27H26ClNO4S/c1-2-7-20-16-24-21(27(29-33-24)19-8-4-3-5-9-19)17-23(20)32-12-6-13-34-25-11-10-18(14-22(25)28)15-26(30)31/h3-5,8-11,14,16-17H,2,6-7,12-13,15H2,1H3,(H,30,31). The van der Waals surface area contributed by atoms with Crippen LogP contribution in [0.1, 0.15) is 30.9 Å². The number of thioether (sulfide) groups is 1. The highest BCUT2D eigenvalue weighted by atomic mass is 35.5. The van der Waals surface area contributed by atoms with E-state index in [4.69, 9.17) is 26.0 Å². The molecule has 7 heteroatoms. The van der Waals surface area contributed by atoms with Crippen LogP contribution < -0.4 is 4.74 Å². The van der Waals surface area contributed by atoms with Gasteiger partial charge in [-0.15, -0.1) is 11.8 Å². The monoisotopic (exact) mass is 495 g/mol. The van der Waals surface area contributed by atoms with Crippen molar-refractivity contribution in [2.75, 3.05) is 12.4 Å². The molecule has 4 rings (SSSR count). The van der Waals surface area contributed by atoms with Gasteiger partial charge in [-0.3, -0.25) is 4.79 Å². The predicted molar refractivity (Wildman–Crippen MR) is 137 cm³/mol. The lowest BCUT2D eigenvalue weighted by atomic mass is 10.0. The first kappa shape index (κ1) is 24.2. The predicted octanol–water partition coefficient (Wildman–Crippen LogP) is 7.29. The lowest BCUT2D eigenvalue weighted by Gasteiger charge is -2.12. The molecule has 0 unspecified atom stereocenters. The molecule has 0 amide bonds. The highest BCUT2D eigenvalue weighted by molar-refractivity contribution is 7.99. The van der Waals surface area contributed by atoms with E-state index in [1.54, 1.807) is 17.8 Å². The average molecular weight is 496 g/mol. The van der Waals surface area contributed by atoms with Crippen LogP contribution in [0.5, 0.6) is 5.75 Å². The molecule has 0 aliphatic carbocycles. The van der Waals surface area contributed by atoms with Gasteiger partial charge in [0.2, 0.25) is 0 Å². The van der Waals surface area contributed by atoms with E-state index in [0.717, 1.165) is 63.5 Å². The smallest absolute Gasteiger partial charge is 0.307 e. The second kappa shape index (κ2) is 11.4. The Kier molecular flexibility index (Phi) is 8.14.